The van der Waals surface area contributed by atoms with Crippen LogP contribution < -0.4 is 10.6 Å². The molecule has 0 atom stereocenters. The Balaban J connectivity index is 1.90. The molecule has 0 aliphatic rings. The van der Waals surface area contributed by atoms with Gasteiger partial charge in [0, 0.05) is 31.4 Å². The number of nitrogens with one attached hydrogen (secondary N) is 2. The van der Waals surface area contributed by atoms with E-state index < -0.39 is 11.7 Å². The summed E-state index contributed by atoms with van der Waals surface area (Å²) < 4.78 is 5.39. The number of azo groups is 1. The number of anilines is 2. The van der Waals surface area contributed by atoms with Crippen LogP contribution in [0.4, 0.5) is 27.5 Å². The van der Waals surface area contributed by atoms with Crippen molar-refractivity contribution in [1.82, 2.24) is 9.80 Å². The number of amides is 4. The summed E-state index contributed by atoms with van der Waals surface area (Å²) in [6.07, 6.45) is 0.947. The molecular formula is C29H40N6O5. The average Bonchev–Trinajstić information content (AvgIpc) is 2.87. The molecule has 40 heavy (non-hydrogen) atoms. The minimum absolute atomic E-state index is 0.00181. The van der Waals surface area contributed by atoms with Crippen molar-refractivity contribution in [2.24, 2.45) is 10.2 Å². The van der Waals surface area contributed by atoms with Gasteiger partial charge in [0.1, 0.15) is 12.1 Å². The zero-order chi connectivity index (χ0) is 29.7. The summed E-state index contributed by atoms with van der Waals surface area (Å²) in [7, 11) is 0. The SMILES string of the molecule is CCCN(CC(=O)Nc1ccc(/N=N/c2ccc(NC(=O)CN(CCC)C(=O)OC(C)(C)C)cc2)cc1)C(C)=O. The quantitative estimate of drug-likeness (QED) is 0.317. The normalized spacial score (nSPS) is 11.2. The molecule has 0 fully saturated rings. The monoisotopic (exact) mass is 552 g/mol. The van der Waals surface area contributed by atoms with Gasteiger partial charge in [-0.3, -0.25) is 19.3 Å². The molecule has 11 nitrogen and oxygen atoms in total. The van der Waals surface area contributed by atoms with Gasteiger partial charge in [0.25, 0.3) is 0 Å². The van der Waals surface area contributed by atoms with Crippen molar-refractivity contribution in [3.8, 4) is 0 Å². The molecule has 11 heteroatoms. The Hall–Kier alpha value is -4.28. The smallest absolute Gasteiger partial charge is 0.410 e. The topological polar surface area (TPSA) is 133 Å². The van der Waals surface area contributed by atoms with Crippen LogP contribution in [-0.2, 0) is 19.1 Å². The van der Waals surface area contributed by atoms with Crippen LogP contribution in [0, 0.1) is 0 Å². The Bertz CT molecular complexity index is 1170. The summed E-state index contributed by atoms with van der Waals surface area (Å²) in [6, 6.07) is 13.7. The summed E-state index contributed by atoms with van der Waals surface area (Å²) >= 11 is 0. The Morgan fingerprint density at radius 1 is 0.725 bits per heavy atom. The van der Waals surface area contributed by atoms with Crippen LogP contribution in [0.5, 0.6) is 0 Å². The van der Waals surface area contributed by atoms with Gasteiger partial charge in [0.05, 0.1) is 17.9 Å². The Labute approximate surface area is 236 Å². The molecule has 0 unspecified atom stereocenters. The first kappa shape index (κ1) is 31.9. The Morgan fingerprint density at radius 3 is 1.50 bits per heavy atom. The van der Waals surface area contributed by atoms with E-state index in [4.69, 9.17) is 4.74 Å². The van der Waals surface area contributed by atoms with Gasteiger partial charge in [0.2, 0.25) is 17.7 Å². The maximum absolute atomic E-state index is 12.5. The standard InChI is InChI=1S/C29H40N6O5/c1-7-17-34(21(3)36)19-26(37)30-22-9-13-24(14-10-22)32-33-25-15-11-23(12-16-25)31-27(38)20-35(18-8-2)28(39)40-29(4,5)6/h9-16H,7-8,17-20H2,1-6H3,(H,30,37)(H,31,38)/b33-32+. The van der Waals surface area contributed by atoms with Crippen molar-refractivity contribution < 1.29 is 23.9 Å². The predicted octanol–water partition coefficient (Wildman–Crippen LogP) is 5.88. The zero-order valence-electron chi connectivity index (χ0n) is 24.2. The van der Waals surface area contributed by atoms with Crippen molar-refractivity contribution in [2.45, 2.75) is 60.0 Å². The fraction of sp³-hybridized carbons (Fsp3) is 0.448. The third-order valence-electron chi connectivity index (χ3n) is 5.34. The number of nitrogens with zero attached hydrogens (tertiary/aromatic N) is 4. The summed E-state index contributed by atoms with van der Waals surface area (Å²) in [5, 5.41) is 14.0. The highest BCUT2D eigenvalue weighted by molar-refractivity contribution is 5.95. The first-order valence-electron chi connectivity index (χ1n) is 13.3. The molecule has 2 rings (SSSR count). The molecule has 0 aliphatic heterocycles. The lowest BCUT2D eigenvalue weighted by Crippen LogP contribution is -2.41. The number of rotatable bonds is 12. The highest BCUT2D eigenvalue weighted by Crippen LogP contribution is 2.22. The summed E-state index contributed by atoms with van der Waals surface area (Å²) in [4.78, 5) is 51.7. The van der Waals surface area contributed by atoms with Gasteiger partial charge in [-0.25, -0.2) is 4.79 Å². The molecule has 2 aromatic rings. The van der Waals surface area contributed by atoms with Gasteiger partial charge in [-0.2, -0.15) is 10.2 Å². The minimum Gasteiger partial charge on any atom is -0.444 e. The largest absolute Gasteiger partial charge is 0.444 e. The van der Waals surface area contributed by atoms with Gasteiger partial charge in [0.15, 0.2) is 0 Å². The van der Waals surface area contributed by atoms with E-state index in [1.54, 1.807) is 69.3 Å². The fourth-order valence-corrected chi connectivity index (χ4v) is 3.54. The Morgan fingerprint density at radius 2 is 1.12 bits per heavy atom. The van der Waals surface area contributed by atoms with Crippen LogP contribution in [0.2, 0.25) is 0 Å². The van der Waals surface area contributed by atoms with Crippen LogP contribution in [0.3, 0.4) is 0 Å². The molecule has 0 aliphatic carbocycles. The zero-order valence-corrected chi connectivity index (χ0v) is 24.2. The van der Waals surface area contributed by atoms with E-state index in [9.17, 15) is 19.2 Å². The number of ether oxygens (including phenoxy) is 1. The van der Waals surface area contributed by atoms with Gasteiger partial charge < -0.3 is 20.3 Å². The third-order valence-corrected chi connectivity index (χ3v) is 5.34. The molecule has 0 spiro atoms. The first-order valence-corrected chi connectivity index (χ1v) is 13.3. The van der Waals surface area contributed by atoms with Crippen LogP contribution in [0.15, 0.2) is 58.8 Å². The third kappa shape index (κ3) is 11.6. The highest BCUT2D eigenvalue weighted by Gasteiger charge is 2.23. The van der Waals surface area contributed by atoms with E-state index in [1.807, 2.05) is 13.8 Å². The van der Waals surface area contributed by atoms with E-state index in [1.165, 1.54) is 16.7 Å². The maximum Gasteiger partial charge on any atom is 0.410 e. The molecule has 2 aromatic carbocycles. The molecule has 0 bridgehead atoms. The van der Waals surface area contributed by atoms with E-state index in [0.717, 1.165) is 6.42 Å². The highest BCUT2D eigenvalue weighted by atomic mass is 16.6. The van der Waals surface area contributed by atoms with E-state index in [0.29, 0.717) is 42.3 Å². The van der Waals surface area contributed by atoms with Crippen molar-refractivity contribution in [3.05, 3.63) is 48.5 Å². The first-order chi connectivity index (χ1) is 18.9. The summed E-state index contributed by atoms with van der Waals surface area (Å²) in [5.74, 6) is -0.742. The number of benzene rings is 2. The minimum atomic E-state index is -0.643. The lowest BCUT2D eigenvalue weighted by Gasteiger charge is -2.26. The molecular weight excluding hydrogens is 512 g/mol. The molecule has 0 aromatic heterocycles. The van der Waals surface area contributed by atoms with Crippen molar-refractivity contribution >= 4 is 46.6 Å². The predicted molar refractivity (Wildman–Crippen MR) is 155 cm³/mol. The van der Waals surface area contributed by atoms with Crippen molar-refractivity contribution in [2.75, 3.05) is 36.8 Å². The second kappa shape index (κ2) is 15.3. The molecule has 0 saturated carbocycles. The van der Waals surface area contributed by atoms with Crippen LogP contribution in [0.25, 0.3) is 0 Å². The van der Waals surface area contributed by atoms with Crippen LogP contribution in [0.1, 0.15) is 54.4 Å². The number of hydrogen-bond acceptors (Lipinski definition) is 7. The molecule has 0 radical (unpaired) electrons. The maximum atomic E-state index is 12.5. The lowest BCUT2D eigenvalue weighted by molar-refractivity contribution is -0.132. The van der Waals surface area contributed by atoms with Gasteiger partial charge in [-0.1, -0.05) is 13.8 Å². The van der Waals surface area contributed by atoms with Crippen LogP contribution >= 0.6 is 0 Å². The summed E-state index contributed by atoms with van der Waals surface area (Å²) in [6.45, 7) is 11.5. The number of carbonyl (C=O) groups excluding carboxylic acids is 4. The average molecular weight is 553 g/mol. The fourth-order valence-electron chi connectivity index (χ4n) is 3.54. The molecule has 2 N–H and O–H groups in total. The number of carbonyl (C=O) groups is 4. The van der Waals surface area contributed by atoms with Crippen LogP contribution in [-0.4, -0.2) is 65.4 Å². The van der Waals surface area contributed by atoms with Crippen molar-refractivity contribution in [1.29, 1.82) is 0 Å². The lowest BCUT2D eigenvalue weighted by atomic mass is 10.2. The van der Waals surface area contributed by atoms with Crippen molar-refractivity contribution in [3.63, 3.8) is 0 Å². The molecule has 4 amide bonds. The molecule has 0 saturated heterocycles. The summed E-state index contributed by atoms with van der Waals surface area (Å²) in [5.41, 5.74) is 1.68. The molecule has 216 valence electrons. The van der Waals surface area contributed by atoms with E-state index >= 15 is 0 Å². The van der Waals surface area contributed by atoms with E-state index in [2.05, 4.69) is 20.9 Å². The Kier molecular flexibility index (Phi) is 12.3. The van der Waals surface area contributed by atoms with Gasteiger partial charge in [-0.05, 0) is 82.1 Å². The van der Waals surface area contributed by atoms with E-state index in [-0.39, 0.29) is 30.8 Å². The number of hydrogen-bond donors (Lipinski definition) is 2. The molecule has 0 heterocycles. The second-order valence-corrected chi connectivity index (χ2v) is 10.2. The van der Waals surface area contributed by atoms with Gasteiger partial charge >= 0.3 is 6.09 Å². The van der Waals surface area contributed by atoms with Gasteiger partial charge in [-0.15, -0.1) is 0 Å². The second-order valence-electron chi connectivity index (χ2n) is 10.2.